The molecule has 0 N–H and O–H groups in total. The van der Waals surface area contributed by atoms with E-state index in [0.717, 1.165) is 36.8 Å². The highest BCUT2D eigenvalue weighted by Crippen LogP contribution is 2.18. The number of aromatic nitrogens is 2. The lowest BCUT2D eigenvalue weighted by Gasteiger charge is -2.17. The molecule has 17 heavy (non-hydrogen) atoms. The van der Waals surface area contributed by atoms with Gasteiger partial charge in [-0.3, -0.25) is 0 Å². The third-order valence-corrected chi connectivity index (χ3v) is 2.85. The molecule has 1 unspecified atom stereocenters. The van der Waals surface area contributed by atoms with Crippen molar-refractivity contribution >= 4 is 5.95 Å². The maximum atomic E-state index is 5.65. The molecule has 1 fully saturated rings. The first kappa shape index (κ1) is 12.0. The molecule has 0 aromatic carbocycles. The summed E-state index contributed by atoms with van der Waals surface area (Å²) in [6.07, 6.45) is 3.09. The molecule has 1 aliphatic rings. The minimum atomic E-state index is 0.275. The van der Waals surface area contributed by atoms with E-state index < -0.39 is 0 Å². The Morgan fingerprint density at radius 2 is 2.18 bits per heavy atom. The summed E-state index contributed by atoms with van der Waals surface area (Å²) in [5, 5.41) is 0. The summed E-state index contributed by atoms with van der Waals surface area (Å²) in [7, 11) is 0. The van der Waals surface area contributed by atoms with Crippen molar-refractivity contribution < 1.29 is 4.74 Å². The fourth-order valence-corrected chi connectivity index (χ4v) is 2.10. The highest BCUT2D eigenvalue weighted by molar-refractivity contribution is 5.33. The number of hydrogen-bond donors (Lipinski definition) is 0. The first-order chi connectivity index (χ1) is 8.19. The summed E-state index contributed by atoms with van der Waals surface area (Å²) in [6, 6.07) is 1.99. The fourth-order valence-electron chi connectivity index (χ4n) is 2.10. The van der Waals surface area contributed by atoms with E-state index in [4.69, 9.17) is 4.74 Å². The van der Waals surface area contributed by atoms with Gasteiger partial charge in [0.05, 0.1) is 12.7 Å². The Labute approximate surface area is 102 Å². The highest BCUT2D eigenvalue weighted by Gasteiger charge is 2.24. The van der Waals surface area contributed by atoms with Crippen LogP contribution >= 0.6 is 0 Å². The Bertz CT molecular complexity index is 385. The van der Waals surface area contributed by atoms with E-state index in [9.17, 15) is 0 Å². The lowest BCUT2D eigenvalue weighted by molar-refractivity contribution is 0.0908. The monoisotopic (exact) mass is 233 g/mol. The number of ether oxygens (including phenoxy) is 1. The molecule has 1 saturated heterocycles. The van der Waals surface area contributed by atoms with Gasteiger partial charge in [0.25, 0.3) is 0 Å². The third kappa shape index (κ3) is 3.03. The molecule has 0 saturated carbocycles. The Balaban J connectivity index is 2.02. The summed E-state index contributed by atoms with van der Waals surface area (Å²) in [6.45, 7) is 10.1. The second-order valence-corrected chi connectivity index (χ2v) is 4.43. The van der Waals surface area contributed by atoms with Gasteiger partial charge in [0, 0.05) is 24.5 Å². The van der Waals surface area contributed by atoms with Gasteiger partial charge in [-0.15, -0.1) is 6.58 Å². The molecule has 2 heterocycles. The molecular weight excluding hydrogens is 214 g/mol. The number of rotatable bonds is 4. The molecule has 4 heteroatoms. The zero-order chi connectivity index (χ0) is 12.3. The van der Waals surface area contributed by atoms with Crippen molar-refractivity contribution in [3.05, 3.63) is 30.1 Å². The summed E-state index contributed by atoms with van der Waals surface area (Å²) >= 11 is 0. The molecule has 0 radical (unpaired) electrons. The van der Waals surface area contributed by atoms with Gasteiger partial charge in [-0.05, 0) is 26.3 Å². The normalized spacial score (nSPS) is 19.6. The van der Waals surface area contributed by atoms with E-state index >= 15 is 0 Å². The molecule has 92 valence electrons. The maximum absolute atomic E-state index is 5.65. The lowest BCUT2D eigenvalue weighted by Crippen LogP contribution is -2.25. The van der Waals surface area contributed by atoms with E-state index in [0.29, 0.717) is 6.61 Å². The molecule has 0 aliphatic carbocycles. The Morgan fingerprint density at radius 3 is 2.82 bits per heavy atom. The topological polar surface area (TPSA) is 38.2 Å². The van der Waals surface area contributed by atoms with Gasteiger partial charge in [0.2, 0.25) is 5.95 Å². The molecule has 1 aliphatic heterocycles. The lowest BCUT2D eigenvalue weighted by atomic mass is 10.3. The van der Waals surface area contributed by atoms with E-state index in [2.05, 4.69) is 21.4 Å². The van der Waals surface area contributed by atoms with Gasteiger partial charge in [-0.2, -0.15) is 0 Å². The predicted molar refractivity (Wildman–Crippen MR) is 68.3 cm³/mol. The van der Waals surface area contributed by atoms with Gasteiger partial charge < -0.3 is 9.64 Å². The number of hydrogen-bond acceptors (Lipinski definition) is 4. The molecule has 2 rings (SSSR count). The zero-order valence-corrected chi connectivity index (χ0v) is 10.5. The highest BCUT2D eigenvalue weighted by atomic mass is 16.5. The molecule has 1 aromatic heterocycles. The van der Waals surface area contributed by atoms with Gasteiger partial charge >= 0.3 is 0 Å². The van der Waals surface area contributed by atoms with Crippen LogP contribution in [0, 0.1) is 13.8 Å². The van der Waals surface area contributed by atoms with Crippen LogP contribution in [0.4, 0.5) is 5.95 Å². The smallest absolute Gasteiger partial charge is 0.225 e. The second kappa shape index (κ2) is 5.27. The van der Waals surface area contributed by atoms with E-state index in [-0.39, 0.29) is 6.10 Å². The molecule has 1 atom stereocenters. The Morgan fingerprint density at radius 1 is 1.47 bits per heavy atom. The van der Waals surface area contributed by atoms with E-state index in [1.807, 2.05) is 19.9 Å². The molecular formula is C13H19N3O. The molecule has 0 spiro atoms. The summed E-state index contributed by atoms with van der Waals surface area (Å²) in [4.78, 5) is 11.1. The zero-order valence-electron chi connectivity index (χ0n) is 10.5. The van der Waals surface area contributed by atoms with Crippen LogP contribution in [-0.4, -0.2) is 35.8 Å². The molecule has 0 bridgehead atoms. The average Bonchev–Trinajstić information content (AvgIpc) is 2.73. The standard InChI is InChI=1S/C13H19N3O/c1-4-7-17-12-5-6-16(9-12)13-14-10(2)8-11(3)15-13/h4,8,12H,1,5-7,9H2,2-3H3. The number of anilines is 1. The largest absolute Gasteiger partial charge is 0.372 e. The first-order valence-electron chi connectivity index (χ1n) is 5.99. The van der Waals surface area contributed by atoms with Crippen molar-refractivity contribution in [3.63, 3.8) is 0 Å². The van der Waals surface area contributed by atoms with E-state index in [1.165, 1.54) is 0 Å². The van der Waals surface area contributed by atoms with Crippen LogP contribution in [0.5, 0.6) is 0 Å². The summed E-state index contributed by atoms with van der Waals surface area (Å²) < 4.78 is 5.65. The minimum absolute atomic E-state index is 0.275. The summed E-state index contributed by atoms with van der Waals surface area (Å²) in [5.41, 5.74) is 2.03. The van der Waals surface area contributed by atoms with Crippen LogP contribution in [0.25, 0.3) is 0 Å². The van der Waals surface area contributed by atoms with Gasteiger partial charge in [-0.25, -0.2) is 9.97 Å². The van der Waals surface area contributed by atoms with Crippen molar-refractivity contribution in [1.82, 2.24) is 9.97 Å². The molecule has 0 amide bonds. The Kier molecular flexibility index (Phi) is 3.74. The van der Waals surface area contributed by atoms with Gasteiger partial charge in [-0.1, -0.05) is 6.08 Å². The number of nitrogens with zero attached hydrogens (tertiary/aromatic N) is 3. The molecule has 1 aromatic rings. The Hall–Kier alpha value is -1.42. The van der Waals surface area contributed by atoms with Crippen LogP contribution in [0.2, 0.25) is 0 Å². The first-order valence-corrected chi connectivity index (χ1v) is 5.99. The van der Waals surface area contributed by atoms with Crippen molar-refractivity contribution in [3.8, 4) is 0 Å². The van der Waals surface area contributed by atoms with Crippen LogP contribution < -0.4 is 4.90 Å². The van der Waals surface area contributed by atoms with Crippen LogP contribution in [0.1, 0.15) is 17.8 Å². The minimum Gasteiger partial charge on any atom is -0.372 e. The predicted octanol–water partition coefficient (Wildman–Crippen LogP) is 1.87. The van der Waals surface area contributed by atoms with Crippen molar-refractivity contribution in [2.45, 2.75) is 26.4 Å². The second-order valence-electron chi connectivity index (χ2n) is 4.43. The van der Waals surface area contributed by atoms with Crippen LogP contribution in [0.15, 0.2) is 18.7 Å². The van der Waals surface area contributed by atoms with Crippen molar-refractivity contribution in [2.75, 3.05) is 24.6 Å². The number of aryl methyl sites for hydroxylation is 2. The molecule has 4 nitrogen and oxygen atoms in total. The quantitative estimate of drug-likeness (QED) is 0.744. The average molecular weight is 233 g/mol. The fraction of sp³-hybridized carbons (Fsp3) is 0.538. The van der Waals surface area contributed by atoms with Crippen molar-refractivity contribution in [1.29, 1.82) is 0 Å². The van der Waals surface area contributed by atoms with E-state index in [1.54, 1.807) is 6.08 Å². The third-order valence-electron chi connectivity index (χ3n) is 2.85. The van der Waals surface area contributed by atoms with Crippen LogP contribution in [-0.2, 0) is 4.74 Å². The SMILES string of the molecule is C=CCOC1CCN(c2nc(C)cc(C)n2)C1. The maximum Gasteiger partial charge on any atom is 0.225 e. The van der Waals surface area contributed by atoms with Crippen LogP contribution in [0.3, 0.4) is 0 Å². The van der Waals surface area contributed by atoms with Crippen molar-refractivity contribution in [2.24, 2.45) is 0 Å². The van der Waals surface area contributed by atoms with Gasteiger partial charge in [0.15, 0.2) is 0 Å². The van der Waals surface area contributed by atoms with Gasteiger partial charge in [0.1, 0.15) is 0 Å². The summed E-state index contributed by atoms with van der Waals surface area (Å²) in [5.74, 6) is 0.826.